The van der Waals surface area contributed by atoms with Gasteiger partial charge < -0.3 is 15.4 Å². The molecule has 0 aromatic carbocycles. The molecule has 5 heteroatoms. The van der Waals surface area contributed by atoms with Crippen molar-refractivity contribution in [2.24, 2.45) is 0 Å². The van der Waals surface area contributed by atoms with Crippen LogP contribution >= 0.6 is 0 Å². The van der Waals surface area contributed by atoms with E-state index in [0.29, 0.717) is 13.1 Å². The van der Waals surface area contributed by atoms with E-state index in [9.17, 15) is 4.79 Å². The molecular weight excluding hydrogens is 182 g/mol. The summed E-state index contributed by atoms with van der Waals surface area (Å²) in [6.45, 7) is 1.16. The number of hydrogen-bond donors (Lipinski definition) is 2. The zero-order chi connectivity index (χ0) is 10.2. The number of alkyl carbamates (subject to hydrolysis) is 1. The Kier molecular flexibility index (Phi) is 4.26. The standard InChI is InChI=1S/C9H13N3O2/c1-14-9(13)12-6-5-11-8-3-2-4-10-7-8/h2-4,7,11H,5-6H2,1H3,(H,12,13). The van der Waals surface area contributed by atoms with Crippen LogP contribution < -0.4 is 10.6 Å². The summed E-state index contributed by atoms with van der Waals surface area (Å²) < 4.78 is 4.41. The van der Waals surface area contributed by atoms with Crippen molar-refractivity contribution in [3.05, 3.63) is 24.5 Å². The quantitative estimate of drug-likeness (QED) is 0.699. The molecular formula is C9H13N3O2. The maximum Gasteiger partial charge on any atom is 0.406 e. The molecule has 0 bridgehead atoms. The van der Waals surface area contributed by atoms with Gasteiger partial charge in [-0.05, 0) is 12.1 Å². The summed E-state index contributed by atoms with van der Waals surface area (Å²) in [5.74, 6) is 0. The maximum absolute atomic E-state index is 10.6. The average Bonchev–Trinajstić information content (AvgIpc) is 2.25. The second-order valence-electron chi connectivity index (χ2n) is 2.59. The van der Waals surface area contributed by atoms with Crippen molar-refractivity contribution in [3.63, 3.8) is 0 Å². The number of aromatic nitrogens is 1. The number of nitrogens with zero attached hydrogens (tertiary/aromatic N) is 1. The van der Waals surface area contributed by atoms with E-state index < -0.39 is 6.09 Å². The molecule has 0 aliphatic rings. The first kappa shape index (κ1) is 10.3. The first-order chi connectivity index (χ1) is 6.83. The van der Waals surface area contributed by atoms with Gasteiger partial charge in [-0.25, -0.2) is 4.79 Å². The molecule has 14 heavy (non-hydrogen) atoms. The molecule has 0 unspecified atom stereocenters. The number of amides is 1. The zero-order valence-electron chi connectivity index (χ0n) is 7.99. The lowest BCUT2D eigenvalue weighted by molar-refractivity contribution is 0.171. The van der Waals surface area contributed by atoms with Gasteiger partial charge >= 0.3 is 6.09 Å². The predicted octanol–water partition coefficient (Wildman–Crippen LogP) is 0.849. The SMILES string of the molecule is COC(=O)NCCNc1cccnc1. The fraction of sp³-hybridized carbons (Fsp3) is 0.333. The molecule has 1 aromatic heterocycles. The topological polar surface area (TPSA) is 63.2 Å². The van der Waals surface area contributed by atoms with Crippen molar-refractivity contribution in [2.45, 2.75) is 0 Å². The highest BCUT2D eigenvalue weighted by Gasteiger charge is 1.95. The summed E-state index contributed by atoms with van der Waals surface area (Å²) in [4.78, 5) is 14.6. The van der Waals surface area contributed by atoms with Crippen molar-refractivity contribution < 1.29 is 9.53 Å². The number of pyridine rings is 1. The van der Waals surface area contributed by atoms with E-state index in [1.807, 2.05) is 12.1 Å². The van der Waals surface area contributed by atoms with Gasteiger partial charge in [0, 0.05) is 25.5 Å². The van der Waals surface area contributed by atoms with Crippen molar-refractivity contribution >= 4 is 11.8 Å². The monoisotopic (exact) mass is 195 g/mol. The molecule has 0 atom stereocenters. The number of rotatable bonds is 4. The van der Waals surface area contributed by atoms with Crippen LogP contribution in [0.1, 0.15) is 0 Å². The molecule has 0 spiro atoms. The molecule has 0 radical (unpaired) electrons. The van der Waals surface area contributed by atoms with Crippen LogP contribution in [0, 0.1) is 0 Å². The Bertz CT molecular complexity index is 277. The summed E-state index contributed by atoms with van der Waals surface area (Å²) in [6, 6.07) is 3.75. The molecule has 0 aliphatic carbocycles. The predicted molar refractivity (Wildman–Crippen MR) is 53.1 cm³/mol. The van der Waals surface area contributed by atoms with Gasteiger partial charge in [-0.3, -0.25) is 4.98 Å². The van der Waals surface area contributed by atoms with Crippen LogP contribution in [0.5, 0.6) is 0 Å². The van der Waals surface area contributed by atoms with Crippen LogP contribution in [0.15, 0.2) is 24.5 Å². The van der Waals surface area contributed by atoms with Crippen LogP contribution in [0.3, 0.4) is 0 Å². The molecule has 0 saturated heterocycles. The third-order valence-electron chi connectivity index (χ3n) is 1.57. The highest BCUT2D eigenvalue weighted by Crippen LogP contribution is 2.00. The molecule has 0 fully saturated rings. The normalized spacial score (nSPS) is 9.21. The number of methoxy groups -OCH3 is 1. The van der Waals surface area contributed by atoms with Crippen molar-refractivity contribution in [1.82, 2.24) is 10.3 Å². The van der Waals surface area contributed by atoms with E-state index in [-0.39, 0.29) is 0 Å². The van der Waals surface area contributed by atoms with Gasteiger partial charge in [0.05, 0.1) is 12.8 Å². The number of anilines is 1. The Morgan fingerprint density at radius 1 is 1.57 bits per heavy atom. The van der Waals surface area contributed by atoms with E-state index in [1.54, 1.807) is 12.4 Å². The molecule has 5 nitrogen and oxygen atoms in total. The molecule has 1 rings (SSSR count). The van der Waals surface area contributed by atoms with Crippen molar-refractivity contribution in [2.75, 3.05) is 25.5 Å². The Morgan fingerprint density at radius 3 is 3.07 bits per heavy atom. The third-order valence-corrected chi connectivity index (χ3v) is 1.57. The number of carbonyl (C=O) groups excluding carboxylic acids is 1. The summed E-state index contributed by atoms with van der Waals surface area (Å²) in [5, 5.41) is 5.65. The minimum Gasteiger partial charge on any atom is -0.453 e. The molecule has 1 heterocycles. The zero-order valence-corrected chi connectivity index (χ0v) is 7.99. The highest BCUT2D eigenvalue weighted by molar-refractivity contribution is 5.66. The van der Waals surface area contributed by atoms with Crippen molar-refractivity contribution in [1.29, 1.82) is 0 Å². The van der Waals surface area contributed by atoms with Crippen LogP contribution in [0.2, 0.25) is 0 Å². The van der Waals surface area contributed by atoms with Gasteiger partial charge in [0.2, 0.25) is 0 Å². The summed E-state index contributed by atoms with van der Waals surface area (Å²) in [6.07, 6.45) is 3.01. The van der Waals surface area contributed by atoms with Gasteiger partial charge in [0.15, 0.2) is 0 Å². The molecule has 2 N–H and O–H groups in total. The second kappa shape index (κ2) is 5.80. The maximum atomic E-state index is 10.6. The highest BCUT2D eigenvalue weighted by atomic mass is 16.5. The number of ether oxygens (including phenoxy) is 1. The van der Waals surface area contributed by atoms with E-state index >= 15 is 0 Å². The average molecular weight is 195 g/mol. The lowest BCUT2D eigenvalue weighted by Gasteiger charge is -2.06. The lowest BCUT2D eigenvalue weighted by Crippen LogP contribution is -2.28. The lowest BCUT2D eigenvalue weighted by atomic mass is 10.4. The fourth-order valence-corrected chi connectivity index (χ4v) is 0.911. The van der Waals surface area contributed by atoms with Gasteiger partial charge in [0.25, 0.3) is 0 Å². The summed E-state index contributed by atoms with van der Waals surface area (Å²) in [7, 11) is 1.34. The Hall–Kier alpha value is -1.78. The smallest absolute Gasteiger partial charge is 0.406 e. The molecule has 1 amide bonds. The Morgan fingerprint density at radius 2 is 2.43 bits per heavy atom. The van der Waals surface area contributed by atoms with Crippen LogP contribution in [-0.4, -0.2) is 31.3 Å². The van der Waals surface area contributed by atoms with E-state index in [1.165, 1.54) is 7.11 Å². The summed E-state index contributed by atoms with van der Waals surface area (Å²) >= 11 is 0. The van der Waals surface area contributed by atoms with E-state index in [4.69, 9.17) is 0 Å². The van der Waals surface area contributed by atoms with E-state index in [2.05, 4.69) is 20.4 Å². The minimum atomic E-state index is -0.419. The van der Waals surface area contributed by atoms with Crippen molar-refractivity contribution in [3.8, 4) is 0 Å². The van der Waals surface area contributed by atoms with Gasteiger partial charge in [0.1, 0.15) is 0 Å². The number of nitrogens with one attached hydrogen (secondary N) is 2. The molecule has 0 aliphatic heterocycles. The fourth-order valence-electron chi connectivity index (χ4n) is 0.911. The molecule has 0 saturated carbocycles. The first-order valence-electron chi connectivity index (χ1n) is 4.28. The molecule has 76 valence electrons. The molecule has 1 aromatic rings. The van der Waals surface area contributed by atoms with Gasteiger partial charge in [-0.15, -0.1) is 0 Å². The Labute approximate surface area is 82.5 Å². The van der Waals surface area contributed by atoms with Crippen LogP contribution in [0.25, 0.3) is 0 Å². The van der Waals surface area contributed by atoms with Crippen LogP contribution in [0.4, 0.5) is 10.5 Å². The Balaban J connectivity index is 2.13. The number of carbonyl (C=O) groups is 1. The van der Waals surface area contributed by atoms with E-state index in [0.717, 1.165) is 5.69 Å². The second-order valence-corrected chi connectivity index (χ2v) is 2.59. The van der Waals surface area contributed by atoms with Gasteiger partial charge in [-0.2, -0.15) is 0 Å². The minimum absolute atomic E-state index is 0.419. The summed E-state index contributed by atoms with van der Waals surface area (Å²) in [5.41, 5.74) is 0.930. The largest absolute Gasteiger partial charge is 0.453 e. The van der Waals surface area contributed by atoms with Crippen LogP contribution in [-0.2, 0) is 4.74 Å². The first-order valence-corrected chi connectivity index (χ1v) is 4.28. The number of hydrogen-bond acceptors (Lipinski definition) is 4. The third kappa shape index (κ3) is 3.75. The van der Waals surface area contributed by atoms with Gasteiger partial charge in [-0.1, -0.05) is 0 Å².